The summed E-state index contributed by atoms with van der Waals surface area (Å²) in [6.45, 7) is 2.75. The molecule has 1 atom stereocenters. The standard InChI is InChI=1S/C19H20F3N3O/c1-11(14-4-2-3-5-17(14)20)25-19(26)12-6-7-15(13-9-23-24-10-13)16(8-12)18(21)22/h2-8,11,13,18,23-24H,9-10H2,1H3,(H,25,26). The number of carbonyl (C=O) groups is 1. The molecule has 0 saturated carbocycles. The van der Waals surface area contributed by atoms with E-state index in [0.717, 1.165) is 0 Å². The maximum atomic E-state index is 13.8. The Bertz CT molecular complexity index is 791. The highest BCUT2D eigenvalue weighted by molar-refractivity contribution is 5.94. The second-order valence-electron chi connectivity index (χ2n) is 6.32. The average Bonchev–Trinajstić information content (AvgIpc) is 3.15. The van der Waals surface area contributed by atoms with Gasteiger partial charge in [-0.05, 0) is 30.7 Å². The van der Waals surface area contributed by atoms with Gasteiger partial charge in [-0.2, -0.15) is 0 Å². The predicted octanol–water partition coefficient (Wildman–Crippen LogP) is 3.45. The van der Waals surface area contributed by atoms with Crippen molar-refractivity contribution >= 4 is 5.91 Å². The summed E-state index contributed by atoms with van der Waals surface area (Å²) in [5, 5.41) is 2.66. The van der Waals surface area contributed by atoms with Gasteiger partial charge in [-0.15, -0.1) is 0 Å². The van der Waals surface area contributed by atoms with Crippen molar-refractivity contribution in [1.82, 2.24) is 16.2 Å². The fourth-order valence-corrected chi connectivity index (χ4v) is 3.14. The zero-order valence-corrected chi connectivity index (χ0v) is 14.2. The maximum Gasteiger partial charge on any atom is 0.264 e. The number of benzene rings is 2. The Kier molecular flexibility index (Phi) is 5.58. The average molecular weight is 363 g/mol. The van der Waals surface area contributed by atoms with Crippen LogP contribution < -0.4 is 16.2 Å². The number of carbonyl (C=O) groups excluding carboxylic acids is 1. The first kappa shape index (κ1) is 18.4. The summed E-state index contributed by atoms with van der Waals surface area (Å²) in [5.74, 6) is -1.02. The van der Waals surface area contributed by atoms with Gasteiger partial charge in [0.1, 0.15) is 5.82 Å². The molecule has 4 nitrogen and oxygen atoms in total. The van der Waals surface area contributed by atoms with E-state index in [2.05, 4.69) is 16.2 Å². The van der Waals surface area contributed by atoms with E-state index in [1.54, 1.807) is 31.2 Å². The van der Waals surface area contributed by atoms with Crippen LogP contribution in [0.25, 0.3) is 0 Å². The zero-order valence-electron chi connectivity index (χ0n) is 14.2. The largest absolute Gasteiger partial charge is 0.345 e. The van der Waals surface area contributed by atoms with Gasteiger partial charge in [0.05, 0.1) is 6.04 Å². The topological polar surface area (TPSA) is 53.2 Å². The molecule has 1 fully saturated rings. The molecule has 2 aromatic carbocycles. The number of alkyl halides is 2. The summed E-state index contributed by atoms with van der Waals surface area (Å²) >= 11 is 0. The number of rotatable bonds is 5. The Labute approximate surface area is 149 Å². The fraction of sp³-hybridized carbons (Fsp3) is 0.316. The molecule has 0 spiro atoms. The highest BCUT2D eigenvalue weighted by Crippen LogP contribution is 2.30. The molecule has 0 radical (unpaired) electrons. The Morgan fingerprint density at radius 2 is 1.81 bits per heavy atom. The Morgan fingerprint density at radius 1 is 1.12 bits per heavy atom. The third-order valence-electron chi connectivity index (χ3n) is 4.57. The molecule has 0 aromatic heterocycles. The molecule has 1 aliphatic rings. The highest BCUT2D eigenvalue weighted by atomic mass is 19.3. The Morgan fingerprint density at radius 3 is 2.46 bits per heavy atom. The van der Waals surface area contributed by atoms with Crippen molar-refractivity contribution in [1.29, 1.82) is 0 Å². The Balaban J connectivity index is 1.81. The molecule has 1 aliphatic heterocycles. The summed E-state index contributed by atoms with van der Waals surface area (Å²) in [7, 11) is 0. The zero-order chi connectivity index (χ0) is 18.7. The van der Waals surface area contributed by atoms with E-state index >= 15 is 0 Å². The van der Waals surface area contributed by atoms with Gasteiger partial charge in [0.25, 0.3) is 12.3 Å². The quantitative estimate of drug-likeness (QED) is 0.763. The van der Waals surface area contributed by atoms with Crippen LogP contribution in [-0.4, -0.2) is 19.0 Å². The lowest BCUT2D eigenvalue weighted by Crippen LogP contribution is -2.27. The van der Waals surface area contributed by atoms with Gasteiger partial charge in [0, 0.05) is 35.7 Å². The van der Waals surface area contributed by atoms with Crippen molar-refractivity contribution in [2.24, 2.45) is 0 Å². The van der Waals surface area contributed by atoms with Crippen LogP contribution in [0.15, 0.2) is 42.5 Å². The predicted molar refractivity (Wildman–Crippen MR) is 92.4 cm³/mol. The van der Waals surface area contributed by atoms with E-state index < -0.39 is 24.2 Å². The van der Waals surface area contributed by atoms with Crippen molar-refractivity contribution in [3.05, 3.63) is 70.5 Å². The molecular weight excluding hydrogens is 343 g/mol. The molecule has 7 heteroatoms. The molecule has 2 aromatic rings. The summed E-state index contributed by atoms with van der Waals surface area (Å²) in [5.41, 5.74) is 6.68. The molecule has 1 heterocycles. The van der Waals surface area contributed by atoms with Crippen LogP contribution in [-0.2, 0) is 0 Å². The molecule has 3 N–H and O–H groups in total. The molecule has 1 unspecified atom stereocenters. The van der Waals surface area contributed by atoms with Crippen LogP contribution in [0, 0.1) is 5.82 Å². The normalized spacial score (nSPS) is 16.0. The lowest BCUT2D eigenvalue weighted by Gasteiger charge is -2.18. The summed E-state index contributed by atoms with van der Waals surface area (Å²) in [4.78, 5) is 12.4. The van der Waals surface area contributed by atoms with E-state index in [-0.39, 0.29) is 17.0 Å². The first-order valence-electron chi connectivity index (χ1n) is 8.40. The van der Waals surface area contributed by atoms with Gasteiger partial charge in [0.2, 0.25) is 0 Å². The van der Waals surface area contributed by atoms with E-state index in [1.807, 2.05) is 0 Å². The number of halogens is 3. The lowest BCUT2D eigenvalue weighted by atomic mass is 9.93. The summed E-state index contributed by atoms with van der Waals surface area (Å²) in [6, 6.07) is 9.87. The molecule has 26 heavy (non-hydrogen) atoms. The molecule has 1 amide bonds. The third kappa shape index (κ3) is 3.89. The first-order chi connectivity index (χ1) is 12.5. The minimum atomic E-state index is -2.68. The number of amides is 1. The van der Waals surface area contributed by atoms with Crippen molar-refractivity contribution in [2.45, 2.75) is 25.3 Å². The fourth-order valence-electron chi connectivity index (χ4n) is 3.14. The minimum absolute atomic E-state index is 0.0755. The van der Waals surface area contributed by atoms with Gasteiger partial charge >= 0.3 is 0 Å². The SMILES string of the molecule is CC(NC(=O)c1ccc(C2CNNC2)c(C(F)F)c1)c1ccccc1F. The molecule has 138 valence electrons. The number of hydrazine groups is 1. The van der Waals surface area contributed by atoms with E-state index in [1.165, 1.54) is 18.2 Å². The molecule has 0 bridgehead atoms. The molecule has 0 aliphatic carbocycles. The second-order valence-corrected chi connectivity index (χ2v) is 6.32. The van der Waals surface area contributed by atoms with E-state index in [4.69, 9.17) is 0 Å². The highest BCUT2D eigenvalue weighted by Gasteiger charge is 2.24. The summed E-state index contributed by atoms with van der Waals surface area (Å²) in [6.07, 6.45) is -2.68. The van der Waals surface area contributed by atoms with Crippen LogP contribution in [0.5, 0.6) is 0 Å². The molecule has 3 rings (SSSR count). The van der Waals surface area contributed by atoms with Crippen LogP contribution in [0.3, 0.4) is 0 Å². The van der Waals surface area contributed by atoms with Crippen molar-refractivity contribution in [3.8, 4) is 0 Å². The van der Waals surface area contributed by atoms with Gasteiger partial charge in [-0.1, -0.05) is 24.3 Å². The van der Waals surface area contributed by atoms with E-state index in [9.17, 15) is 18.0 Å². The van der Waals surface area contributed by atoms with Crippen LogP contribution in [0.2, 0.25) is 0 Å². The summed E-state index contributed by atoms with van der Waals surface area (Å²) < 4.78 is 40.8. The second kappa shape index (κ2) is 7.88. The Hall–Kier alpha value is -2.38. The number of nitrogens with one attached hydrogen (secondary N) is 3. The molecular formula is C19H20F3N3O. The number of hydrogen-bond acceptors (Lipinski definition) is 3. The third-order valence-corrected chi connectivity index (χ3v) is 4.57. The lowest BCUT2D eigenvalue weighted by molar-refractivity contribution is 0.0938. The van der Waals surface area contributed by atoms with Gasteiger partial charge in [-0.3, -0.25) is 15.6 Å². The van der Waals surface area contributed by atoms with Crippen LogP contribution in [0.4, 0.5) is 13.2 Å². The van der Waals surface area contributed by atoms with Crippen molar-refractivity contribution in [2.75, 3.05) is 13.1 Å². The number of hydrogen-bond donors (Lipinski definition) is 3. The minimum Gasteiger partial charge on any atom is -0.345 e. The smallest absolute Gasteiger partial charge is 0.264 e. The first-order valence-corrected chi connectivity index (χ1v) is 8.40. The molecule has 1 saturated heterocycles. The van der Waals surface area contributed by atoms with Gasteiger partial charge < -0.3 is 5.32 Å². The maximum absolute atomic E-state index is 13.8. The van der Waals surface area contributed by atoms with Crippen LogP contribution >= 0.6 is 0 Å². The van der Waals surface area contributed by atoms with Crippen LogP contribution in [0.1, 0.15) is 52.4 Å². The monoisotopic (exact) mass is 363 g/mol. The van der Waals surface area contributed by atoms with E-state index in [0.29, 0.717) is 24.2 Å². The van der Waals surface area contributed by atoms with Gasteiger partial charge in [0.15, 0.2) is 0 Å². The van der Waals surface area contributed by atoms with Crippen molar-refractivity contribution < 1.29 is 18.0 Å². The van der Waals surface area contributed by atoms with Gasteiger partial charge in [-0.25, -0.2) is 13.2 Å². The van der Waals surface area contributed by atoms with Crippen molar-refractivity contribution in [3.63, 3.8) is 0 Å².